The fourth-order valence-electron chi connectivity index (χ4n) is 6.50. The van der Waals surface area contributed by atoms with Crippen LogP contribution in [0.4, 0.5) is 0 Å². The van der Waals surface area contributed by atoms with Gasteiger partial charge in [0, 0.05) is 69.6 Å². The molecule has 2 rings (SSSR count). The van der Waals surface area contributed by atoms with E-state index in [4.69, 9.17) is 56.8 Å². The monoisotopic (exact) mass is 986 g/mol. The Labute approximate surface area is 390 Å². The minimum atomic E-state index is -2.33. The Bertz CT molecular complexity index is 1660. The summed E-state index contributed by atoms with van der Waals surface area (Å²) in [4.78, 5) is 118. The molecule has 0 saturated carbocycles. The lowest BCUT2D eigenvalue weighted by atomic mass is 9.95. The van der Waals surface area contributed by atoms with E-state index in [1.54, 1.807) is 0 Å². The van der Waals surface area contributed by atoms with Gasteiger partial charge in [-0.3, -0.25) is 38.4 Å². The molecule has 0 aromatic carbocycles. The maximum absolute atomic E-state index is 12.0. The Kier molecular flexibility index (Phi) is 24.3. The van der Waals surface area contributed by atoms with Crippen LogP contribution >= 0.6 is 0 Å². The minimum absolute atomic E-state index is 0.456. The van der Waals surface area contributed by atoms with E-state index in [2.05, 4.69) is 20.1 Å². The highest BCUT2D eigenvalue weighted by atomic mass is 16.8. The number of nitrogens with one attached hydrogen (secondary N) is 2. The van der Waals surface area contributed by atoms with Crippen molar-refractivity contribution in [1.82, 2.24) is 10.6 Å². The van der Waals surface area contributed by atoms with E-state index >= 15 is 0 Å². The average Bonchev–Trinajstić information content (AvgIpc) is 3.22. The van der Waals surface area contributed by atoms with Gasteiger partial charge in [0.15, 0.2) is 49.6 Å². The molecular weight excluding hydrogens is 924 g/mol. The molecule has 0 spiro atoms. The van der Waals surface area contributed by atoms with Crippen LogP contribution in [0.25, 0.3) is 0 Å². The molecular formula is C40H62N2O26. The van der Waals surface area contributed by atoms with Crippen LogP contribution in [0.1, 0.15) is 69.2 Å². The molecule has 0 radical (unpaired) electrons. The van der Waals surface area contributed by atoms with Crippen molar-refractivity contribution in [3.05, 3.63) is 0 Å². The highest BCUT2D eigenvalue weighted by Gasteiger charge is 2.56. The van der Waals surface area contributed by atoms with Gasteiger partial charge in [-0.05, 0) is 13.8 Å². The van der Waals surface area contributed by atoms with E-state index in [-0.39, 0.29) is 0 Å². The van der Waals surface area contributed by atoms with Crippen LogP contribution in [0, 0.1) is 0 Å². The number of ether oxygens (including phenoxy) is 14. The summed E-state index contributed by atoms with van der Waals surface area (Å²) in [5.41, 5.74) is -4.66. The second-order valence-corrected chi connectivity index (χ2v) is 15.1. The fourth-order valence-corrected chi connectivity index (χ4v) is 6.50. The first-order valence-electron chi connectivity index (χ1n) is 20.3. The first-order chi connectivity index (χ1) is 31.5. The Morgan fingerprint density at radius 3 is 0.985 bits per heavy atom. The van der Waals surface area contributed by atoms with Gasteiger partial charge in [-0.1, -0.05) is 0 Å². The van der Waals surface area contributed by atoms with Crippen molar-refractivity contribution in [2.75, 3.05) is 41.7 Å². The Morgan fingerprint density at radius 2 is 0.765 bits per heavy atom. The zero-order valence-corrected chi connectivity index (χ0v) is 40.0. The third-order valence-corrected chi connectivity index (χ3v) is 9.20. The third-order valence-electron chi connectivity index (χ3n) is 9.20. The lowest BCUT2D eigenvalue weighted by Crippen LogP contribution is -2.68. The number of carbonyl (C=O) groups is 10. The molecule has 0 bridgehead atoms. The number of hydrogen-bond acceptors (Lipinski definition) is 26. The second kappa shape index (κ2) is 27.4. The van der Waals surface area contributed by atoms with Crippen LogP contribution in [0.15, 0.2) is 0 Å². The molecule has 4 N–H and O–H groups in total. The van der Waals surface area contributed by atoms with Crippen molar-refractivity contribution < 1.29 is 124 Å². The van der Waals surface area contributed by atoms with Gasteiger partial charge in [-0.25, -0.2) is 9.59 Å². The van der Waals surface area contributed by atoms with Crippen LogP contribution in [0.2, 0.25) is 0 Å². The topological polar surface area (TPSA) is 364 Å². The van der Waals surface area contributed by atoms with E-state index < -0.39 is 158 Å². The van der Waals surface area contributed by atoms with Crippen LogP contribution in [-0.4, -0.2) is 197 Å². The van der Waals surface area contributed by atoms with Gasteiger partial charge in [0.25, 0.3) is 0 Å². The van der Waals surface area contributed by atoms with Crippen LogP contribution in [0.3, 0.4) is 0 Å². The quantitative estimate of drug-likeness (QED) is 0.0540. The largest absolute Gasteiger partial charge is 0.467 e. The molecule has 28 heteroatoms. The molecule has 388 valence electrons. The maximum atomic E-state index is 12.0. The second-order valence-electron chi connectivity index (χ2n) is 15.1. The van der Waals surface area contributed by atoms with Gasteiger partial charge < -0.3 is 87.2 Å². The Hall–Kier alpha value is -5.62. The van der Waals surface area contributed by atoms with E-state index in [1.807, 2.05) is 0 Å². The summed E-state index contributed by atoms with van der Waals surface area (Å²) in [6, 6.07) is -2.63. The predicted octanol–water partition coefficient (Wildman–Crippen LogP) is -2.89. The average molecular weight is 987 g/mol. The molecule has 14 atom stereocenters. The van der Waals surface area contributed by atoms with Crippen LogP contribution in [0.5, 0.6) is 0 Å². The lowest BCUT2D eigenvalue weighted by Gasteiger charge is -2.46. The number of hydrogen-bond donors (Lipinski definition) is 4. The molecule has 2 heterocycles. The fraction of sp³-hybridized carbons (Fsp3) is 0.750. The zero-order chi connectivity index (χ0) is 52.4. The number of methoxy groups -OCH3 is 4. The molecule has 2 aliphatic heterocycles. The minimum Gasteiger partial charge on any atom is -0.467 e. The third kappa shape index (κ3) is 18.1. The summed E-state index contributed by atoms with van der Waals surface area (Å²) in [6.45, 7) is 10.2. The number of esters is 8. The van der Waals surface area contributed by atoms with Gasteiger partial charge in [-0.15, -0.1) is 0 Å². The lowest BCUT2D eigenvalue weighted by molar-refractivity contribution is -0.334. The normalized spacial score (nSPS) is 26.9. The van der Waals surface area contributed by atoms with Crippen molar-refractivity contribution in [1.29, 1.82) is 0 Å². The van der Waals surface area contributed by atoms with Gasteiger partial charge >= 0.3 is 47.8 Å². The maximum Gasteiger partial charge on any atom is 0.342 e. The molecule has 0 aromatic rings. The number of rotatable bonds is 20. The van der Waals surface area contributed by atoms with Crippen LogP contribution in [-0.2, 0) is 114 Å². The molecule has 0 aromatic heterocycles. The predicted molar refractivity (Wildman–Crippen MR) is 217 cm³/mol. The highest BCUT2D eigenvalue weighted by Crippen LogP contribution is 2.32. The number of aliphatic hydroxyl groups is 2. The molecule has 28 nitrogen and oxygen atoms in total. The van der Waals surface area contributed by atoms with E-state index in [0.29, 0.717) is 0 Å². The van der Waals surface area contributed by atoms with Gasteiger partial charge in [0.1, 0.15) is 37.5 Å². The Morgan fingerprint density at radius 1 is 0.485 bits per heavy atom. The number of amides is 2. The summed E-state index contributed by atoms with van der Waals surface area (Å²) in [5, 5.41) is 26.1. The molecule has 0 aliphatic carbocycles. The molecule has 2 saturated heterocycles. The van der Waals surface area contributed by atoms with Crippen molar-refractivity contribution in [3.63, 3.8) is 0 Å². The van der Waals surface area contributed by atoms with Crippen molar-refractivity contribution in [3.8, 4) is 0 Å². The van der Waals surface area contributed by atoms with Crippen molar-refractivity contribution in [2.45, 2.75) is 154 Å². The molecule has 0 unspecified atom stereocenters. The zero-order valence-electron chi connectivity index (χ0n) is 40.0. The highest BCUT2D eigenvalue weighted by molar-refractivity contribution is 5.80. The summed E-state index contributed by atoms with van der Waals surface area (Å²) in [6.07, 6.45) is -14.4. The number of carbonyl (C=O) groups excluding carboxylic acids is 10. The van der Waals surface area contributed by atoms with Crippen LogP contribution < -0.4 is 10.6 Å². The van der Waals surface area contributed by atoms with Gasteiger partial charge in [-0.2, -0.15) is 0 Å². The SMILES string of the molecule is COC(=O)[C@](C)(O)[C@H](OC)O[C@@H]1O[C@H](COC(C)=O)[C@@H](OC(C)=O)[C@H](OC(C)=O)[C@H]1NC(C)=O.COC(=O)[C@](C)(O)[C@H](OC)O[C@@H]1O[C@H](COC(C)=O)[C@@H](OC(C)=O)[C@H](OC(C)=O)[C@H]1NC(C)=O. The van der Waals surface area contributed by atoms with Gasteiger partial charge in [0.2, 0.25) is 23.0 Å². The van der Waals surface area contributed by atoms with E-state index in [9.17, 15) is 58.2 Å². The standard InChI is InChI=1S/2C20H31NO13/c2*1-9(22)21-14-16(32-12(4)25)15(31-11(3)24)13(8-30-10(2)23)33-17(14)34-19(29-7)20(5,27)18(26)28-6/h2*13-17,19,27H,8H2,1-7H3,(H,21,22)/t2*13-,14-,15-,16-,17+,19-,20+/m11/s1. The summed E-state index contributed by atoms with van der Waals surface area (Å²) in [7, 11) is 4.33. The first-order valence-corrected chi connectivity index (χ1v) is 20.3. The van der Waals surface area contributed by atoms with E-state index in [1.165, 1.54) is 0 Å². The summed E-state index contributed by atoms with van der Waals surface area (Å²) < 4.78 is 73.3. The van der Waals surface area contributed by atoms with Crippen molar-refractivity contribution in [2.24, 2.45) is 0 Å². The van der Waals surface area contributed by atoms with Gasteiger partial charge in [0.05, 0.1) is 14.2 Å². The summed E-state index contributed by atoms with van der Waals surface area (Å²) >= 11 is 0. The van der Waals surface area contributed by atoms with Crippen molar-refractivity contribution >= 4 is 59.6 Å². The smallest absolute Gasteiger partial charge is 0.342 e. The summed E-state index contributed by atoms with van der Waals surface area (Å²) in [5.74, 6) is -7.91. The molecule has 2 fully saturated rings. The molecule has 2 aliphatic rings. The first kappa shape index (κ1) is 60.4. The Balaban J connectivity index is 0.000000680. The van der Waals surface area contributed by atoms with E-state index in [0.717, 1.165) is 97.7 Å². The molecule has 2 amide bonds. The molecule has 68 heavy (non-hydrogen) atoms.